The first-order chi connectivity index (χ1) is 8.69. The molecule has 3 N–H and O–H groups in total. The van der Waals surface area contributed by atoms with Gasteiger partial charge in [-0.15, -0.1) is 24.8 Å². The molecule has 0 radical (unpaired) electrons. The molecule has 0 aliphatic carbocycles. The van der Waals surface area contributed by atoms with E-state index in [0.29, 0.717) is 22.8 Å². The molecule has 0 spiro atoms. The summed E-state index contributed by atoms with van der Waals surface area (Å²) in [6, 6.07) is 14.2. The molecule has 0 saturated heterocycles. The Kier molecular flexibility index (Phi) is 8.26. The lowest BCUT2D eigenvalue weighted by molar-refractivity contribution is 0.102. The average molecular weight is 334 g/mol. The lowest BCUT2D eigenvalue weighted by atomic mass is 10.1. The molecule has 0 saturated carbocycles. The van der Waals surface area contributed by atoms with Gasteiger partial charge in [0.15, 0.2) is 0 Å². The second-order valence-corrected chi connectivity index (χ2v) is 4.30. The molecule has 0 heterocycles. The van der Waals surface area contributed by atoms with Crippen molar-refractivity contribution in [1.29, 1.82) is 0 Å². The standard InChI is InChI=1S/C14H13ClN2O.2ClH/c15-12-5-7-13(8-6-12)17-14(18)11-3-1-10(9-16)2-4-11;;/h1-8H,9,16H2,(H,17,18);2*1H. The minimum absolute atomic E-state index is 0. The van der Waals surface area contributed by atoms with Gasteiger partial charge < -0.3 is 11.1 Å². The van der Waals surface area contributed by atoms with E-state index in [1.807, 2.05) is 12.1 Å². The van der Waals surface area contributed by atoms with Crippen LogP contribution in [0, 0.1) is 0 Å². The first-order valence-electron chi connectivity index (χ1n) is 5.55. The van der Waals surface area contributed by atoms with Gasteiger partial charge in [-0.25, -0.2) is 0 Å². The minimum atomic E-state index is -0.152. The van der Waals surface area contributed by atoms with Crippen LogP contribution in [-0.4, -0.2) is 5.91 Å². The third-order valence-electron chi connectivity index (χ3n) is 2.55. The van der Waals surface area contributed by atoms with E-state index in [1.165, 1.54) is 0 Å². The fraction of sp³-hybridized carbons (Fsp3) is 0.0714. The van der Waals surface area contributed by atoms with E-state index in [9.17, 15) is 4.79 Å². The molecular weight excluding hydrogens is 319 g/mol. The number of anilines is 1. The second kappa shape index (κ2) is 8.82. The molecule has 0 aromatic heterocycles. The minimum Gasteiger partial charge on any atom is -0.326 e. The molecule has 1 amide bonds. The third-order valence-corrected chi connectivity index (χ3v) is 2.81. The van der Waals surface area contributed by atoms with Crippen LogP contribution in [-0.2, 0) is 6.54 Å². The molecule has 0 bridgehead atoms. The number of carbonyl (C=O) groups is 1. The number of nitrogens with two attached hydrogens (primary N) is 1. The van der Waals surface area contributed by atoms with Gasteiger partial charge in [0.2, 0.25) is 0 Å². The fourth-order valence-electron chi connectivity index (χ4n) is 1.53. The molecule has 2 aromatic rings. The van der Waals surface area contributed by atoms with Crippen molar-refractivity contribution in [2.24, 2.45) is 5.73 Å². The van der Waals surface area contributed by atoms with Gasteiger partial charge in [-0.3, -0.25) is 4.79 Å². The number of rotatable bonds is 3. The molecule has 3 nitrogen and oxygen atoms in total. The van der Waals surface area contributed by atoms with Crippen LogP contribution in [0.15, 0.2) is 48.5 Å². The fourth-order valence-corrected chi connectivity index (χ4v) is 1.65. The van der Waals surface area contributed by atoms with Crippen LogP contribution in [0.3, 0.4) is 0 Å². The summed E-state index contributed by atoms with van der Waals surface area (Å²) in [5.41, 5.74) is 7.81. The number of nitrogens with one attached hydrogen (secondary N) is 1. The van der Waals surface area contributed by atoms with Crippen LogP contribution in [0.25, 0.3) is 0 Å². The molecule has 2 rings (SSSR count). The molecule has 20 heavy (non-hydrogen) atoms. The van der Waals surface area contributed by atoms with E-state index in [1.54, 1.807) is 36.4 Å². The summed E-state index contributed by atoms with van der Waals surface area (Å²) < 4.78 is 0. The molecular formula is C14H15Cl3N2O. The van der Waals surface area contributed by atoms with Crippen molar-refractivity contribution in [2.75, 3.05) is 5.32 Å². The van der Waals surface area contributed by atoms with Crippen molar-refractivity contribution in [2.45, 2.75) is 6.54 Å². The molecule has 108 valence electrons. The van der Waals surface area contributed by atoms with Crippen LogP contribution in [0.1, 0.15) is 15.9 Å². The van der Waals surface area contributed by atoms with E-state index in [-0.39, 0.29) is 30.7 Å². The molecule has 0 atom stereocenters. The summed E-state index contributed by atoms with van der Waals surface area (Å²) in [5, 5.41) is 3.43. The topological polar surface area (TPSA) is 55.1 Å². The van der Waals surface area contributed by atoms with Gasteiger partial charge in [-0.2, -0.15) is 0 Å². The Morgan fingerprint density at radius 1 is 1.00 bits per heavy atom. The lowest BCUT2D eigenvalue weighted by Gasteiger charge is -2.05. The monoisotopic (exact) mass is 332 g/mol. The number of carbonyl (C=O) groups excluding carboxylic acids is 1. The Hall–Kier alpha value is -1.26. The highest BCUT2D eigenvalue weighted by Crippen LogP contribution is 2.14. The van der Waals surface area contributed by atoms with Crippen molar-refractivity contribution in [3.05, 3.63) is 64.7 Å². The highest BCUT2D eigenvalue weighted by molar-refractivity contribution is 6.30. The van der Waals surface area contributed by atoms with Gasteiger partial charge in [-0.1, -0.05) is 23.7 Å². The molecule has 0 unspecified atom stereocenters. The summed E-state index contributed by atoms with van der Waals surface area (Å²) in [4.78, 5) is 11.9. The van der Waals surface area contributed by atoms with Gasteiger partial charge in [-0.05, 0) is 42.0 Å². The molecule has 2 aromatic carbocycles. The van der Waals surface area contributed by atoms with E-state index in [2.05, 4.69) is 5.32 Å². The van der Waals surface area contributed by atoms with Crippen LogP contribution < -0.4 is 11.1 Å². The predicted molar refractivity (Wildman–Crippen MR) is 88.2 cm³/mol. The van der Waals surface area contributed by atoms with E-state index < -0.39 is 0 Å². The largest absolute Gasteiger partial charge is 0.326 e. The molecule has 6 heteroatoms. The zero-order chi connectivity index (χ0) is 13.0. The van der Waals surface area contributed by atoms with Crippen molar-refractivity contribution in [3.63, 3.8) is 0 Å². The lowest BCUT2D eigenvalue weighted by Crippen LogP contribution is -2.11. The van der Waals surface area contributed by atoms with Crippen molar-refractivity contribution >= 4 is 48.0 Å². The zero-order valence-electron chi connectivity index (χ0n) is 10.5. The van der Waals surface area contributed by atoms with E-state index in [0.717, 1.165) is 5.56 Å². The summed E-state index contributed by atoms with van der Waals surface area (Å²) in [5.74, 6) is -0.152. The normalized spacial score (nSPS) is 9.10. The van der Waals surface area contributed by atoms with Gasteiger partial charge in [0.05, 0.1) is 0 Å². The van der Waals surface area contributed by atoms with Crippen molar-refractivity contribution in [3.8, 4) is 0 Å². The number of benzene rings is 2. The highest BCUT2D eigenvalue weighted by atomic mass is 35.5. The Labute approximate surface area is 135 Å². The zero-order valence-corrected chi connectivity index (χ0v) is 12.9. The van der Waals surface area contributed by atoms with E-state index in [4.69, 9.17) is 17.3 Å². The van der Waals surface area contributed by atoms with Crippen LogP contribution >= 0.6 is 36.4 Å². The smallest absolute Gasteiger partial charge is 0.255 e. The van der Waals surface area contributed by atoms with Gasteiger partial charge in [0.25, 0.3) is 5.91 Å². The summed E-state index contributed by atoms with van der Waals surface area (Å²) >= 11 is 5.77. The molecule has 0 aliphatic rings. The van der Waals surface area contributed by atoms with Crippen LogP contribution in [0.4, 0.5) is 5.69 Å². The van der Waals surface area contributed by atoms with Gasteiger partial charge in [0.1, 0.15) is 0 Å². The summed E-state index contributed by atoms with van der Waals surface area (Å²) in [6.45, 7) is 0.471. The van der Waals surface area contributed by atoms with Gasteiger partial charge >= 0.3 is 0 Å². The number of hydrogen-bond acceptors (Lipinski definition) is 2. The maximum absolute atomic E-state index is 11.9. The van der Waals surface area contributed by atoms with Crippen molar-refractivity contribution in [1.82, 2.24) is 0 Å². The Morgan fingerprint density at radius 3 is 2.05 bits per heavy atom. The first kappa shape index (κ1) is 18.7. The maximum atomic E-state index is 11.9. The Bertz CT molecular complexity index is 541. The van der Waals surface area contributed by atoms with E-state index >= 15 is 0 Å². The molecule has 0 aliphatic heterocycles. The SMILES string of the molecule is Cl.Cl.NCc1ccc(C(=O)Nc2ccc(Cl)cc2)cc1. The Balaban J connectivity index is 0.00000180. The first-order valence-corrected chi connectivity index (χ1v) is 5.93. The second-order valence-electron chi connectivity index (χ2n) is 3.86. The number of amides is 1. The number of hydrogen-bond donors (Lipinski definition) is 2. The van der Waals surface area contributed by atoms with Crippen LogP contribution in [0.5, 0.6) is 0 Å². The predicted octanol–water partition coefficient (Wildman–Crippen LogP) is 3.89. The van der Waals surface area contributed by atoms with Crippen LogP contribution in [0.2, 0.25) is 5.02 Å². The number of halogens is 3. The quantitative estimate of drug-likeness (QED) is 0.895. The molecule has 0 fully saturated rings. The van der Waals surface area contributed by atoms with Gasteiger partial charge in [0, 0.05) is 22.8 Å². The average Bonchev–Trinajstić information content (AvgIpc) is 2.41. The summed E-state index contributed by atoms with van der Waals surface area (Å²) in [6.07, 6.45) is 0. The van der Waals surface area contributed by atoms with Crippen molar-refractivity contribution < 1.29 is 4.79 Å². The Morgan fingerprint density at radius 2 is 1.55 bits per heavy atom. The highest BCUT2D eigenvalue weighted by Gasteiger charge is 2.05. The summed E-state index contributed by atoms with van der Waals surface area (Å²) in [7, 11) is 0. The maximum Gasteiger partial charge on any atom is 0.255 e. The third kappa shape index (κ3) is 5.02.